The molecule has 0 aliphatic carbocycles. The van der Waals surface area contributed by atoms with Gasteiger partial charge in [-0.2, -0.15) is 4.98 Å². The van der Waals surface area contributed by atoms with Crippen molar-refractivity contribution in [3.05, 3.63) is 12.2 Å². The maximum absolute atomic E-state index is 9.89. The highest BCUT2D eigenvalue weighted by molar-refractivity contribution is 4.82. The van der Waals surface area contributed by atoms with Gasteiger partial charge in [-0.25, -0.2) is 0 Å². The van der Waals surface area contributed by atoms with Crippen LogP contribution in [0.3, 0.4) is 0 Å². The molecule has 1 aromatic heterocycles. The van der Waals surface area contributed by atoms with Gasteiger partial charge in [0.15, 0.2) is 5.82 Å². The van der Waals surface area contributed by atoms with Gasteiger partial charge in [-0.1, -0.05) is 19.0 Å². The molecule has 0 saturated heterocycles. The Labute approximate surface area is 83.5 Å². The maximum atomic E-state index is 9.89. The summed E-state index contributed by atoms with van der Waals surface area (Å²) >= 11 is 0. The van der Waals surface area contributed by atoms with Crippen LogP contribution in [0.1, 0.15) is 26.6 Å². The minimum absolute atomic E-state index is 0.209. The molecule has 0 saturated carbocycles. The molecule has 1 rings (SSSR count). The van der Waals surface area contributed by atoms with Crippen LogP contribution in [0.5, 0.6) is 0 Å². The summed E-state index contributed by atoms with van der Waals surface area (Å²) in [4.78, 5) is 3.86. The number of nitrogens with one attached hydrogen (secondary N) is 1. The van der Waals surface area contributed by atoms with Crippen molar-refractivity contribution in [2.75, 3.05) is 6.54 Å². The van der Waals surface area contributed by atoms with Crippen LogP contribution in [0.2, 0.25) is 0 Å². The molecule has 1 aromatic rings. The molecule has 0 spiro atoms. The van der Waals surface area contributed by atoms with E-state index in [1.54, 1.807) is 6.92 Å². The van der Waals surface area contributed by atoms with Gasteiger partial charge in [0.2, 0.25) is 6.39 Å². The average molecular weight is 199 g/mol. The van der Waals surface area contributed by atoms with Crippen LogP contribution in [0, 0.1) is 5.92 Å². The van der Waals surface area contributed by atoms with E-state index in [9.17, 15) is 5.11 Å². The highest BCUT2D eigenvalue weighted by Crippen LogP contribution is 2.14. The second kappa shape index (κ2) is 4.52. The van der Waals surface area contributed by atoms with Gasteiger partial charge in [-0.15, -0.1) is 0 Å². The summed E-state index contributed by atoms with van der Waals surface area (Å²) in [5.74, 6) is 0.810. The molecule has 80 valence electrons. The number of aliphatic hydroxyl groups is 1. The van der Waals surface area contributed by atoms with E-state index in [0.717, 1.165) is 0 Å². The SMILES string of the molecule is CC(C)C(C)(O)CNCc1ncon1. The molecule has 0 amide bonds. The van der Waals surface area contributed by atoms with E-state index in [1.165, 1.54) is 6.39 Å². The molecule has 0 aromatic carbocycles. The fraction of sp³-hybridized carbons (Fsp3) is 0.778. The third-order valence-corrected chi connectivity index (χ3v) is 2.42. The molecule has 2 N–H and O–H groups in total. The summed E-state index contributed by atoms with van der Waals surface area (Å²) in [6.45, 7) is 6.80. The van der Waals surface area contributed by atoms with Gasteiger partial charge in [0.05, 0.1) is 12.1 Å². The first-order valence-corrected chi connectivity index (χ1v) is 4.70. The van der Waals surface area contributed by atoms with Crippen LogP contribution in [-0.4, -0.2) is 27.4 Å². The van der Waals surface area contributed by atoms with Crippen molar-refractivity contribution < 1.29 is 9.63 Å². The molecule has 0 fully saturated rings. The molecule has 5 nitrogen and oxygen atoms in total. The van der Waals surface area contributed by atoms with E-state index in [1.807, 2.05) is 13.8 Å². The van der Waals surface area contributed by atoms with E-state index in [4.69, 9.17) is 0 Å². The molecule has 1 atom stereocenters. The largest absolute Gasteiger partial charge is 0.389 e. The smallest absolute Gasteiger partial charge is 0.213 e. The molecule has 14 heavy (non-hydrogen) atoms. The normalized spacial score (nSPS) is 15.8. The van der Waals surface area contributed by atoms with Gasteiger partial charge in [-0.3, -0.25) is 0 Å². The van der Waals surface area contributed by atoms with E-state index in [-0.39, 0.29) is 5.92 Å². The van der Waals surface area contributed by atoms with Gasteiger partial charge in [-0.05, 0) is 12.8 Å². The quantitative estimate of drug-likeness (QED) is 0.725. The molecular weight excluding hydrogens is 182 g/mol. The van der Waals surface area contributed by atoms with Crippen LogP contribution in [0.15, 0.2) is 10.9 Å². The second-order valence-corrected chi connectivity index (χ2v) is 3.96. The summed E-state index contributed by atoms with van der Waals surface area (Å²) in [6.07, 6.45) is 1.29. The Morgan fingerprint density at radius 3 is 2.86 bits per heavy atom. The maximum Gasteiger partial charge on any atom is 0.213 e. The predicted octanol–water partition coefficient (Wildman–Crippen LogP) is 0.566. The Morgan fingerprint density at radius 1 is 1.64 bits per heavy atom. The van der Waals surface area contributed by atoms with Crippen molar-refractivity contribution in [1.82, 2.24) is 15.5 Å². The number of aromatic nitrogens is 2. The summed E-state index contributed by atoms with van der Waals surface area (Å²) < 4.78 is 4.58. The molecule has 0 radical (unpaired) electrons. The fourth-order valence-corrected chi connectivity index (χ4v) is 0.902. The van der Waals surface area contributed by atoms with Gasteiger partial charge in [0.25, 0.3) is 0 Å². The van der Waals surface area contributed by atoms with E-state index >= 15 is 0 Å². The average Bonchev–Trinajstić information content (AvgIpc) is 2.56. The van der Waals surface area contributed by atoms with Crippen molar-refractivity contribution in [2.45, 2.75) is 32.9 Å². The number of hydrogen-bond acceptors (Lipinski definition) is 5. The van der Waals surface area contributed by atoms with Crippen molar-refractivity contribution >= 4 is 0 Å². The molecule has 0 aliphatic heterocycles. The van der Waals surface area contributed by atoms with Gasteiger partial charge in [0.1, 0.15) is 0 Å². The topological polar surface area (TPSA) is 71.2 Å². The minimum atomic E-state index is -0.705. The van der Waals surface area contributed by atoms with Crippen molar-refractivity contribution in [1.29, 1.82) is 0 Å². The summed E-state index contributed by atoms with van der Waals surface area (Å²) in [5.41, 5.74) is -0.705. The number of rotatable bonds is 5. The van der Waals surface area contributed by atoms with Crippen molar-refractivity contribution in [3.8, 4) is 0 Å². The Balaban J connectivity index is 2.28. The molecule has 5 heteroatoms. The van der Waals surface area contributed by atoms with E-state index < -0.39 is 5.60 Å². The van der Waals surface area contributed by atoms with Gasteiger partial charge in [0, 0.05) is 6.54 Å². The second-order valence-electron chi connectivity index (χ2n) is 3.96. The van der Waals surface area contributed by atoms with Crippen LogP contribution < -0.4 is 5.32 Å². The van der Waals surface area contributed by atoms with Gasteiger partial charge < -0.3 is 14.9 Å². The van der Waals surface area contributed by atoms with Crippen LogP contribution >= 0.6 is 0 Å². The van der Waals surface area contributed by atoms with Crippen LogP contribution in [-0.2, 0) is 6.54 Å². The zero-order valence-electron chi connectivity index (χ0n) is 8.82. The first-order valence-electron chi connectivity index (χ1n) is 4.70. The standard InChI is InChI=1S/C9H17N3O2/c1-7(2)9(3,13)5-10-4-8-11-6-14-12-8/h6-7,10,13H,4-5H2,1-3H3. The molecule has 1 heterocycles. The first kappa shape index (κ1) is 11.1. The Kier molecular flexibility index (Phi) is 3.60. The minimum Gasteiger partial charge on any atom is -0.389 e. The Bertz CT molecular complexity index is 257. The zero-order chi connectivity index (χ0) is 10.6. The lowest BCUT2D eigenvalue weighted by Crippen LogP contribution is -2.42. The summed E-state index contributed by atoms with van der Waals surface area (Å²) in [6, 6.07) is 0. The lowest BCUT2D eigenvalue weighted by Gasteiger charge is -2.27. The lowest BCUT2D eigenvalue weighted by molar-refractivity contribution is 0.0138. The Hall–Kier alpha value is -0.940. The highest BCUT2D eigenvalue weighted by Gasteiger charge is 2.24. The fourth-order valence-electron chi connectivity index (χ4n) is 0.902. The molecular formula is C9H17N3O2. The Morgan fingerprint density at radius 2 is 2.36 bits per heavy atom. The highest BCUT2D eigenvalue weighted by atomic mass is 16.5. The van der Waals surface area contributed by atoms with Crippen molar-refractivity contribution in [3.63, 3.8) is 0 Å². The third-order valence-electron chi connectivity index (χ3n) is 2.42. The van der Waals surface area contributed by atoms with Crippen LogP contribution in [0.25, 0.3) is 0 Å². The molecule has 0 bridgehead atoms. The first-order chi connectivity index (χ1) is 6.52. The van der Waals surface area contributed by atoms with E-state index in [0.29, 0.717) is 18.9 Å². The predicted molar refractivity (Wildman–Crippen MR) is 51.5 cm³/mol. The van der Waals surface area contributed by atoms with Crippen molar-refractivity contribution in [2.24, 2.45) is 5.92 Å². The zero-order valence-corrected chi connectivity index (χ0v) is 8.82. The van der Waals surface area contributed by atoms with Gasteiger partial charge >= 0.3 is 0 Å². The monoisotopic (exact) mass is 199 g/mol. The number of nitrogens with zero attached hydrogens (tertiary/aromatic N) is 2. The van der Waals surface area contributed by atoms with Crippen LogP contribution in [0.4, 0.5) is 0 Å². The third kappa shape index (κ3) is 3.08. The molecule has 1 unspecified atom stereocenters. The summed E-state index contributed by atoms with van der Waals surface area (Å²) in [5, 5.41) is 16.6. The number of hydrogen-bond donors (Lipinski definition) is 2. The summed E-state index contributed by atoms with van der Waals surface area (Å²) in [7, 11) is 0. The van der Waals surface area contributed by atoms with E-state index in [2.05, 4.69) is 20.0 Å². The molecule has 0 aliphatic rings. The lowest BCUT2D eigenvalue weighted by atomic mass is 9.93.